The highest BCUT2D eigenvalue weighted by molar-refractivity contribution is 7.04. The second-order valence-electron chi connectivity index (χ2n) is 6.92. The maximum absolute atomic E-state index is 12.5. The van der Waals surface area contributed by atoms with E-state index in [1.54, 1.807) is 20.8 Å². The van der Waals surface area contributed by atoms with Gasteiger partial charge in [-0.1, -0.05) is 20.8 Å². The van der Waals surface area contributed by atoms with Crippen molar-refractivity contribution in [3.63, 3.8) is 0 Å². The summed E-state index contributed by atoms with van der Waals surface area (Å²) in [4.78, 5) is 49.4. The molecular weight excluding hydrogens is 404 g/mol. The molecule has 10 nitrogen and oxygen atoms in total. The number of amides is 1. The fourth-order valence-electron chi connectivity index (χ4n) is 2.70. The zero-order valence-corrected chi connectivity index (χ0v) is 17.4. The Bertz CT molecular complexity index is 778. The molecule has 0 radical (unpaired) electrons. The minimum atomic E-state index is -1.31. The summed E-state index contributed by atoms with van der Waals surface area (Å²) in [6, 6.07) is -1.31. The molecule has 0 aliphatic carbocycles. The van der Waals surface area contributed by atoms with E-state index in [1.165, 1.54) is 12.3 Å². The van der Waals surface area contributed by atoms with E-state index in [0.29, 0.717) is 6.42 Å². The zero-order valence-electron chi connectivity index (χ0n) is 16.5. The number of esters is 3. The van der Waals surface area contributed by atoms with Crippen molar-refractivity contribution in [3.8, 4) is 5.75 Å². The quantitative estimate of drug-likeness (QED) is 0.519. The van der Waals surface area contributed by atoms with Crippen molar-refractivity contribution in [1.82, 2.24) is 9.69 Å². The minimum absolute atomic E-state index is 0.253. The van der Waals surface area contributed by atoms with Crippen LogP contribution in [0.4, 0.5) is 0 Å². The second kappa shape index (κ2) is 9.68. The van der Waals surface area contributed by atoms with Gasteiger partial charge in [0.1, 0.15) is 12.7 Å². The summed E-state index contributed by atoms with van der Waals surface area (Å²) in [6.45, 7) is 6.05. The third-order valence-corrected chi connectivity index (χ3v) is 4.99. The average molecular weight is 428 g/mol. The molecule has 0 unspecified atom stereocenters. The molecule has 1 amide bonds. The number of rotatable bonds is 5. The number of carbonyl (C=O) groups is 4. The summed E-state index contributed by atoms with van der Waals surface area (Å²) in [7, 11) is 0. The summed E-state index contributed by atoms with van der Waals surface area (Å²) < 4.78 is 19.7. The molecule has 2 heterocycles. The molecule has 160 valence electrons. The molecule has 1 fully saturated rings. The lowest BCUT2D eigenvalue weighted by molar-refractivity contribution is -0.176. The summed E-state index contributed by atoms with van der Waals surface area (Å²) in [5, 5.41) is 13.2. The third kappa shape index (κ3) is 5.43. The number of hydrogen-bond acceptors (Lipinski definition) is 10. The van der Waals surface area contributed by atoms with E-state index in [-0.39, 0.29) is 11.4 Å². The van der Waals surface area contributed by atoms with Crippen molar-refractivity contribution in [2.45, 2.75) is 52.4 Å². The highest BCUT2D eigenvalue weighted by atomic mass is 32.1. The molecule has 1 aromatic heterocycles. The fraction of sp³-hybridized carbons (Fsp3) is 0.611. The topological polar surface area (TPSA) is 141 Å². The molecule has 1 aliphatic heterocycles. The molecule has 2 N–H and O–H groups in total. The maximum atomic E-state index is 12.5. The van der Waals surface area contributed by atoms with Crippen LogP contribution >= 0.6 is 11.5 Å². The van der Waals surface area contributed by atoms with E-state index in [2.05, 4.69) is 9.69 Å². The van der Waals surface area contributed by atoms with Crippen LogP contribution in [0.25, 0.3) is 0 Å². The molecule has 11 heteroatoms. The van der Waals surface area contributed by atoms with Crippen molar-refractivity contribution in [1.29, 1.82) is 0 Å². The van der Waals surface area contributed by atoms with E-state index < -0.39 is 60.5 Å². The van der Waals surface area contributed by atoms with Gasteiger partial charge in [-0.05, 0) is 24.9 Å². The Kier molecular flexibility index (Phi) is 7.54. The molecule has 0 aromatic carbocycles. The molecule has 0 spiro atoms. The van der Waals surface area contributed by atoms with E-state index >= 15 is 0 Å². The van der Waals surface area contributed by atoms with Crippen LogP contribution in [0.15, 0.2) is 5.38 Å². The number of nitrogens with zero attached hydrogens (tertiary/aromatic N) is 1. The SMILES string of the molecule is CC[C@H]1C(=O)OC[C@H](NC(=O)c2nscc2O)C(=O)O[C@@H](C)[C@@H]1OC(=O)C(C)C. The van der Waals surface area contributed by atoms with Gasteiger partial charge in [0.25, 0.3) is 5.91 Å². The van der Waals surface area contributed by atoms with Crippen LogP contribution in [0.5, 0.6) is 5.75 Å². The van der Waals surface area contributed by atoms with Gasteiger partial charge in [0.15, 0.2) is 23.6 Å². The van der Waals surface area contributed by atoms with E-state index in [1.807, 2.05) is 0 Å². The number of hydrogen-bond donors (Lipinski definition) is 2. The van der Waals surface area contributed by atoms with E-state index in [9.17, 15) is 24.3 Å². The molecule has 2 rings (SSSR count). The molecule has 4 atom stereocenters. The second-order valence-corrected chi connectivity index (χ2v) is 7.55. The predicted octanol–water partition coefficient (Wildman–Crippen LogP) is 1.03. The normalized spacial score (nSPS) is 25.3. The van der Waals surface area contributed by atoms with Gasteiger partial charge in [-0.25, -0.2) is 4.79 Å². The van der Waals surface area contributed by atoms with Gasteiger partial charge in [0, 0.05) is 0 Å². The van der Waals surface area contributed by atoms with Crippen molar-refractivity contribution < 1.29 is 38.5 Å². The van der Waals surface area contributed by atoms with Crippen LogP contribution in [0.3, 0.4) is 0 Å². The lowest BCUT2D eigenvalue weighted by Gasteiger charge is -2.29. The summed E-state index contributed by atoms with van der Waals surface area (Å²) in [5.41, 5.74) is -0.253. The lowest BCUT2D eigenvalue weighted by Crippen LogP contribution is -2.46. The Morgan fingerprint density at radius 2 is 2.07 bits per heavy atom. The highest BCUT2D eigenvalue weighted by Crippen LogP contribution is 2.24. The summed E-state index contributed by atoms with van der Waals surface area (Å²) in [6.07, 6.45) is -1.68. The van der Waals surface area contributed by atoms with Gasteiger partial charge in [0.2, 0.25) is 0 Å². The standard InChI is InChI=1S/C18H24N2O8S/c1-5-10-14(28-16(23)8(2)3)9(4)27-18(25)11(6-26-17(10)24)19-15(22)13-12(21)7-29-20-13/h7-11,14,21H,5-6H2,1-4H3,(H,19,22)/t9-,10+,11-,14-/m0/s1. The molecule has 1 saturated heterocycles. The van der Waals surface area contributed by atoms with E-state index in [0.717, 1.165) is 11.5 Å². The molecule has 0 saturated carbocycles. The Morgan fingerprint density at radius 3 is 2.62 bits per heavy atom. The first-order valence-electron chi connectivity index (χ1n) is 9.17. The van der Waals surface area contributed by atoms with Crippen LogP contribution in [-0.2, 0) is 28.6 Å². The van der Waals surface area contributed by atoms with Crippen molar-refractivity contribution in [2.75, 3.05) is 6.61 Å². The molecule has 1 aromatic rings. The summed E-state index contributed by atoms with van der Waals surface area (Å²) in [5.74, 6) is -4.49. The number of aromatic nitrogens is 1. The minimum Gasteiger partial charge on any atom is -0.505 e. The lowest BCUT2D eigenvalue weighted by atomic mass is 9.95. The first-order chi connectivity index (χ1) is 13.6. The van der Waals surface area contributed by atoms with Crippen molar-refractivity contribution in [2.24, 2.45) is 11.8 Å². The van der Waals surface area contributed by atoms with Gasteiger partial charge >= 0.3 is 17.9 Å². The van der Waals surface area contributed by atoms with Crippen LogP contribution in [0.2, 0.25) is 0 Å². The van der Waals surface area contributed by atoms with Gasteiger partial charge in [-0.2, -0.15) is 4.37 Å². The third-order valence-electron chi connectivity index (χ3n) is 4.38. The van der Waals surface area contributed by atoms with Gasteiger partial charge < -0.3 is 24.6 Å². The first kappa shape index (κ1) is 22.6. The molecule has 29 heavy (non-hydrogen) atoms. The smallest absolute Gasteiger partial charge is 0.332 e. The van der Waals surface area contributed by atoms with Crippen LogP contribution in [0, 0.1) is 11.8 Å². The highest BCUT2D eigenvalue weighted by Gasteiger charge is 2.41. The largest absolute Gasteiger partial charge is 0.505 e. The molecular formula is C18H24N2O8S. The first-order valence-corrected chi connectivity index (χ1v) is 10.0. The number of carbonyl (C=O) groups excluding carboxylic acids is 4. The van der Waals surface area contributed by atoms with Crippen LogP contribution < -0.4 is 5.32 Å². The van der Waals surface area contributed by atoms with Crippen molar-refractivity contribution in [3.05, 3.63) is 11.1 Å². The Hall–Kier alpha value is -2.69. The number of ether oxygens (including phenoxy) is 3. The molecule has 1 aliphatic rings. The molecule has 0 bridgehead atoms. The van der Waals surface area contributed by atoms with Crippen molar-refractivity contribution >= 4 is 35.3 Å². The number of aromatic hydroxyl groups is 1. The Labute approximate surface area is 171 Å². The predicted molar refractivity (Wildman–Crippen MR) is 100 cm³/mol. The van der Waals surface area contributed by atoms with Crippen LogP contribution in [-0.4, -0.2) is 58.2 Å². The zero-order chi connectivity index (χ0) is 21.7. The Morgan fingerprint density at radius 1 is 1.38 bits per heavy atom. The monoisotopic (exact) mass is 428 g/mol. The number of cyclic esters (lactones) is 2. The summed E-state index contributed by atoms with van der Waals surface area (Å²) >= 11 is 0.870. The average Bonchev–Trinajstić information content (AvgIpc) is 3.10. The maximum Gasteiger partial charge on any atom is 0.332 e. The number of nitrogens with one attached hydrogen (secondary N) is 1. The van der Waals surface area contributed by atoms with E-state index in [4.69, 9.17) is 14.2 Å². The fourth-order valence-corrected chi connectivity index (χ4v) is 3.24. The van der Waals surface area contributed by atoms with Gasteiger partial charge in [-0.3, -0.25) is 14.4 Å². The Balaban J connectivity index is 2.21. The van der Waals surface area contributed by atoms with Crippen LogP contribution in [0.1, 0.15) is 44.6 Å². The van der Waals surface area contributed by atoms with Gasteiger partial charge in [-0.15, -0.1) is 0 Å². The van der Waals surface area contributed by atoms with Gasteiger partial charge in [0.05, 0.1) is 17.2 Å².